The lowest BCUT2D eigenvalue weighted by Gasteiger charge is -2.27. The van der Waals surface area contributed by atoms with Crippen LogP contribution in [0.5, 0.6) is 0 Å². The molecule has 0 aromatic carbocycles. The molecule has 1 aliphatic rings. The largest absolute Gasteiger partial charge is 0.468 e. The Hall–Kier alpha value is -1.30. The molecule has 6 heteroatoms. The Labute approximate surface area is 108 Å². The van der Waals surface area contributed by atoms with Gasteiger partial charge >= 0.3 is 12.1 Å². The first-order chi connectivity index (χ1) is 8.33. The average Bonchev–Trinajstić information content (AvgIpc) is 2.51. The van der Waals surface area contributed by atoms with Gasteiger partial charge in [0.25, 0.3) is 0 Å². The van der Waals surface area contributed by atoms with Crippen LogP contribution in [0.25, 0.3) is 0 Å². The van der Waals surface area contributed by atoms with Crippen LogP contribution in [0.2, 0.25) is 0 Å². The van der Waals surface area contributed by atoms with Crippen LogP contribution >= 0.6 is 0 Å². The van der Waals surface area contributed by atoms with Crippen molar-refractivity contribution in [1.29, 1.82) is 0 Å². The van der Waals surface area contributed by atoms with Crippen LogP contribution in [-0.4, -0.2) is 55.3 Å². The third-order valence-corrected chi connectivity index (χ3v) is 2.54. The number of rotatable bonds is 1. The zero-order valence-electron chi connectivity index (χ0n) is 11.5. The van der Waals surface area contributed by atoms with E-state index in [9.17, 15) is 9.59 Å². The fraction of sp³-hybridized carbons (Fsp3) is 0.833. The van der Waals surface area contributed by atoms with Crippen molar-refractivity contribution in [1.82, 2.24) is 10.2 Å². The predicted octanol–water partition coefficient (Wildman–Crippen LogP) is 0.758. The van der Waals surface area contributed by atoms with Crippen LogP contribution in [0.3, 0.4) is 0 Å². The van der Waals surface area contributed by atoms with E-state index in [2.05, 4.69) is 5.32 Å². The molecule has 1 atom stereocenters. The Balaban J connectivity index is 2.64. The second kappa shape index (κ2) is 6.04. The standard InChI is InChI=1S/C12H22N2O4/c1-12(2,3)18-11(16)14-7-5-6-13-9(8-14)10(15)17-4/h9,13H,5-8H2,1-4H3/t9-/m1/s1. The Morgan fingerprint density at radius 2 is 2.00 bits per heavy atom. The minimum Gasteiger partial charge on any atom is -0.468 e. The Morgan fingerprint density at radius 1 is 1.33 bits per heavy atom. The second-order valence-electron chi connectivity index (χ2n) is 5.31. The van der Waals surface area contributed by atoms with Gasteiger partial charge in [-0.05, 0) is 33.7 Å². The molecule has 104 valence electrons. The Bertz CT molecular complexity index is 312. The maximum atomic E-state index is 11.9. The summed E-state index contributed by atoms with van der Waals surface area (Å²) in [7, 11) is 1.34. The van der Waals surface area contributed by atoms with Gasteiger partial charge in [-0.15, -0.1) is 0 Å². The van der Waals surface area contributed by atoms with Gasteiger partial charge in [0, 0.05) is 6.54 Å². The van der Waals surface area contributed by atoms with Gasteiger partial charge in [-0.3, -0.25) is 4.79 Å². The Morgan fingerprint density at radius 3 is 2.56 bits per heavy atom. The highest BCUT2D eigenvalue weighted by Gasteiger charge is 2.29. The molecular formula is C12H22N2O4. The van der Waals surface area contributed by atoms with Crippen molar-refractivity contribution in [2.75, 3.05) is 26.7 Å². The van der Waals surface area contributed by atoms with Crippen molar-refractivity contribution in [3.05, 3.63) is 0 Å². The summed E-state index contributed by atoms with van der Waals surface area (Å²) < 4.78 is 10.00. The summed E-state index contributed by atoms with van der Waals surface area (Å²) in [5.41, 5.74) is -0.530. The molecule has 1 amide bonds. The fourth-order valence-electron chi connectivity index (χ4n) is 1.71. The molecule has 1 aliphatic heterocycles. The van der Waals surface area contributed by atoms with E-state index in [1.54, 1.807) is 4.90 Å². The third kappa shape index (κ3) is 4.52. The number of methoxy groups -OCH3 is 1. The number of amides is 1. The number of esters is 1. The van der Waals surface area contributed by atoms with E-state index < -0.39 is 11.6 Å². The molecular weight excluding hydrogens is 236 g/mol. The van der Waals surface area contributed by atoms with Crippen LogP contribution in [-0.2, 0) is 14.3 Å². The van der Waals surface area contributed by atoms with Crippen molar-refractivity contribution in [3.8, 4) is 0 Å². The van der Waals surface area contributed by atoms with E-state index in [4.69, 9.17) is 9.47 Å². The SMILES string of the molecule is COC(=O)[C@H]1CN(C(=O)OC(C)(C)C)CCCN1. The van der Waals surface area contributed by atoms with Gasteiger partial charge in [0.1, 0.15) is 11.6 Å². The lowest BCUT2D eigenvalue weighted by molar-refractivity contribution is -0.143. The number of carbonyl (C=O) groups is 2. The van der Waals surface area contributed by atoms with Crippen LogP contribution in [0.1, 0.15) is 27.2 Å². The first kappa shape index (κ1) is 14.8. The molecule has 1 heterocycles. The molecule has 1 rings (SSSR count). The molecule has 18 heavy (non-hydrogen) atoms. The first-order valence-corrected chi connectivity index (χ1v) is 6.12. The van der Waals surface area contributed by atoms with Crippen LogP contribution < -0.4 is 5.32 Å². The molecule has 0 bridgehead atoms. The van der Waals surface area contributed by atoms with E-state index in [-0.39, 0.29) is 18.6 Å². The van der Waals surface area contributed by atoms with Gasteiger partial charge in [-0.1, -0.05) is 0 Å². The molecule has 0 aliphatic carbocycles. The Kier molecular flexibility index (Phi) is 4.95. The fourth-order valence-corrected chi connectivity index (χ4v) is 1.71. The highest BCUT2D eigenvalue weighted by atomic mass is 16.6. The van der Waals surface area contributed by atoms with E-state index in [1.807, 2.05) is 20.8 Å². The number of ether oxygens (including phenoxy) is 2. The summed E-state index contributed by atoms with van der Waals surface area (Å²) in [6.45, 7) is 6.99. The topological polar surface area (TPSA) is 67.9 Å². The van der Waals surface area contributed by atoms with Crippen molar-refractivity contribution in [2.45, 2.75) is 38.8 Å². The van der Waals surface area contributed by atoms with E-state index in [0.29, 0.717) is 13.1 Å². The highest BCUT2D eigenvalue weighted by molar-refractivity contribution is 5.77. The van der Waals surface area contributed by atoms with E-state index >= 15 is 0 Å². The number of nitrogens with one attached hydrogen (secondary N) is 1. The summed E-state index contributed by atoms with van der Waals surface area (Å²) in [5, 5.41) is 3.06. The molecule has 0 saturated carbocycles. The predicted molar refractivity (Wildman–Crippen MR) is 66.2 cm³/mol. The van der Waals surface area contributed by atoms with Crippen LogP contribution in [0.4, 0.5) is 4.79 Å². The van der Waals surface area contributed by atoms with Gasteiger partial charge in [0.05, 0.1) is 13.7 Å². The normalized spacial score (nSPS) is 21.1. The third-order valence-electron chi connectivity index (χ3n) is 2.54. The second-order valence-corrected chi connectivity index (χ2v) is 5.31. The quantitative estimate of drug-likeness (QED) is 0.703. The minimum atomic E-state index is -0.530. The van der Waals surface area contributed by atoms with E-state index in [1.165, 1.54) is 7.11 Å². The monoisotopic (exact) mass is 258 g/mol. The molecule has 0 spiro atoms. The number of nitrogens with zero attached hydrogens (tertiary/aromatic N) is 1. The smallest absolute Gasteiger partial charge is 0.410 e. The van der Waals surface area contributed by atoms with Gasteiger partial charge in [-0.25, -0.2) is 4.79 Å². The zero-order chi connectivity index (χ0) is 13.8. The van der Waals surface area contributed by atoms with Gasteiger partial charge in [0.2, 0.25) is 0 Å². The zero-order valence-corrected chi connectivity index (χ0v) is 11.5. The molecule has 0 aromatic heterocycles. The van der Waals surface area contributed by atoms with Crippen molar-refractivity contribution >= 4 is 12.1 Å². The summed E-state index contributed by atoms with van der Waals surface area (Å²) in [4.78, 5) is 25.0. The lowest BCUT2D eigenvalue weighted by atomic mass is 10.2. The molecule has 0 aromatic rings. The number of carbonyl (C=O) groups excluding carboxylic acids is 2. The lowest BCUT2D eigenvalue weighted by Crippen LogP contribution is -2.47. The molecule has 6 nitrogen and oxygen atoms in total. The summed E-state index contributed by atoms with van der Waals surface area (Å²) in [5.74, 6) is -0.356. The van der Waals surface area contributed by atoms with Crippen LogP contribution in [0, 0.1) is 0 Å². The van der Waals surface area contributed by atoms with Crippen molar-refractivity contribution < 1.29 is 19.1 Å². The van der Waals surface area contributed by atoms with Crippen LogP contribution in [0.15, 0.2) is 0 Å². The first-order valence-electron chi connectivity index (χ1n) is 6.12. The van der Waals surface area contributed by atoms with Gasteiger partial charge in [0.15, 0.2) is 0 Å². The molecule has 1 N–H and O–H groups in total. The molecule has 1 saturated heterocycles. The number of hydrogen-bond acceptors (Lipinski definition) is 5. The molecule has 0 radical (unpaired) electrons. The number of hydrogen-bond donors (Lipinski definition) is 1. The van der Waals surface area contributed by atoms with Crippen molar-refractivity contribution in [2.24, 2.45) is 0 Å². The molecule has 1 fully saturated rings. The van der Waals surface area contributed by atoms with Gasteiger partial charge < -0.3 is 19.7 Å². The summed E-state index contributed by atoms with van der Waals surface area (Å²) in [6.07, 6.45) is 0.396. The van der Waals surface area contributed by atoms with Gasteiger partial charge in [-0.2, -0.15) is 0 Å². The van der Waals surface area contributed by atoms with Crippen molar-refractivity contribution in [3.63, 3.8) is 0 Å². The highest BCUT2D eigenvalue weighted by Crippen LogP contribution is 2.12. The maximum absolute atomic E-state index is 11.9. The summed E-state index contributed by atoms with van der Waals surface area (Å²) >= 11 is 0. The average molecular weight is 258 g/mol. The minimum absolute atomic E-state index is 0.279. The van der Waals surface area contributed by atoms with E-state index in [0.717, 1.165) is 6.42 Å². The molecule has 0 unspecified atom stereocenters. The maximum Gasteiger partial charge on any atom is 0.410 e. The summed E-state index contributed by atoms with van der Waals surface area (Å²) in [6, 6.07) is -0.481.